The SMILES string of the molecule is N#Cc1c(F)cccc1N=[N+]=[N-]. The van der Waals surface area contributed by atoms with E-state index in [-0.39, 0.29) is 11.3 Å². The molecule has 0 N–H and O–H groups in total. The molecule has 0 aliphatic carbocycles. The smallest absolute Gasteiger partial charge is 0.141 e. The lowest BCUT2D eigenvalue weighted by Crippen LogP contribution is -1.81. The van der Waals surface area contributed by atoms with Gasteiger partial charge in [-0.1, -0.05) is 17.2 Å². The predicted octanol–water partition coefficient (Wildman–Crippen LogP) is 2.64. The molecular weight excluding hydrogens is 159 g/mol. The minimum absolute atomic E-state index is 0.0139. The molecule has 0 amide bonds. The van der Waals surface area contributed by atoms with Crippen molar-refractivity contribution in [1.29, 1.82) is 5.26 Å². The monoisotopic (exact) mass is 162 g/mol. The van der Waals surface area contributed by atoms with Gasteiger partial charge in [0.15, 0.2) is 0 Å². The van der Waals surface area contributed by atoms with Crippen LogP contribution in [0.25, 0.3) is 10.4 Å². The summed E-state index contributed by atoms with van der Waals surface area (Å²) < 4.78 is 12.8. The summed E-state index contributed by atoms with van der Waals surface area (Å²) in [5.74, 6) is -0.678. The van der Waals surface area contributed by atoms with Crippen molar-refractivity contribution in [3.8, 4) is 6.07 Å². The molecule has 12 heavy (non-hydrogen) atoms. The van der Waals surface area contributed by atoms with E-state index < -0.39 is 5.82 Å². The van der Waals surface area contributed by atoms with Crippen LogP contribution in [0.3, 0.4) is 0 Å². The fourth-order valence-electron chi connectivity index (χ4n) is 0.755. The molecule has 5 heteroatoms. The molecule has 0 fully saturated rings. The first kappa shape index (κ1) is 8.05. The largest absolute Gasteiger partial charge is 0.206 e. The molecule has 1 aromatic carbocycles. The van der Waals surface area contributed by atoms with Crippen molar-refractivity contribution in [2.75, 3.05) is 0 Å². The molecule has 0 spiro atoms. The Bertz CT molecular complexity index is 387. The fourth-order valence-corrected chi connectivity index (χ4v) is 0.755. The van der Waals surface area contributed by atoms with Crippen molar-refractivity contribution in [2.24, 2.45) is 5.11 Å². The van der Waals surface area contributed by atoms with Gasteiger partial charge in [0.2, 0.25) is 0 Å². The van der Waals surface area contributed by atoms with Gasteiger partial charge in [-0.15, -0.1) is 0 Å². The first-order chi connectivity index (χ1) is 5.79. The lowest BCUT2D eigenvalue weighted by atomic mass is 10.2. The van der Waals surface area contributed by atoms with Crippen LogP contribution >= 0.6 is 0 Å². The highest BCUT2D eigenvalue weighted by molar-refractivity contribution is 5.53. The maximum atomic E-state index is 12.8. The van der Waals surface area contributed by atoms with Crippen LogP contribution in [-0.2, 0) is 0 Å². The van der Waals surface area contributed by atoms with Gasteiger partial charge in [-0.2, -0.15) is 5.26 Å². The number of benzene rings is 1. The zero-order valence-corrected chi connectivity index (χ0v) is 5.90. The number of halogens is 1. The van der Waals surface area contributed by atoms with Crippen molar-refractivity contribution < 1.29 is 4.39 Å². The topological polar surface area (TPSA) is 72.5 Å². The van der Waals surface area contributed by atoms with Gasteiger partial charge < -0.3 is 0 Å². The molecule has 1 aromatic rings. The van der Waals surface area contributed by atoms with Crippen molar-refractivity contribution in [1.82, 2.24) is 0 Å². The van der Waals surface area contributed by atoms with E-state index in [1.54, 1.807) is 6.07 Å². The second-order valence-corrected chi connectivity index (χ2v) is 1.94. The third-order valence-electron chi connectivity index (χ3n) is 1.26. The van der Waals surface area contributed by atoms with Crippen molar-refractivity contribution >= 4 is 5.69 Å². The van der Waals surface area contributed by atoms with Gasteiger partial charge in [-0.05, 0) is 11.6 Å². The summed E-state index contributed by atoms with van der Waals surface area (Å²) >= 11 is 0. The first-order valence-corrected chi connectivity index (χ1v) is 3.03. The van der Waals surface area contributed by atoms with Gasteiger partial charge in [-0.3, -0.25) is 0 Å². The standard InChI is InChI=1S/C7H3FN4/c8-6-2-1-3-7(11-12-10)5(6)4-9/h1-3H. The maximum absolute atomic E-state index is 12.8. The number of hydrogen-bond donors (Lipinski definition) is 0. The van der Waals surface area contributed by atoms with E-state index in [0.717, 1.165) is 6.07 Å². The van der Waals surface area contributed by atoms with E-state index in [0.29, 0.717) is 0 Å². The molecule has 0 bridgehead atoms. The Balaban J connectivity index is 3.39. The molecule has 0 heterocycles. The van der Waals surface area contributed by atoms with Crippen LogP contribution in [0, 0.1) is 17.1 Å². The summed E-state index contributed by atoms with van der Waals surface area (Å²) in [5, 5.41) is 11.6. The van der Waals surface area contributed by atoms with Crippen molar-refractivity contribution in [3.05, 3.63) is 40.0 Å². The Hall–Kier alpha value is -2.05. The molecule has 0 unspecified atom stereocenters. The van der Waals surface area contributed by atoms with Gasteiger partial charge in [0.25, 0.3) is 0 Å². The molecule has 0 aliphatic rings. The summed E-state index contributed by atoms with van der Waals surface area (Å²) in [6, 6.07) is 5.49. The zero-order valence-electron chi connectivity index (χ0n) is 5.90. The van der Waals surface area contributed by atoms with Gasteiger partial charge >= 0.3 is 0 Å². The van der Waals surface area contributed by atoms with E-state index in [1.165, 1.54) is 12.1 Å². The Morgan fingerprint density at radius 3 is 2.92 bits per heavy atom. The summed E-state index contributed by atoms with van der Waals surface area (Å²) in [6.45, 7) is 0. The van der Waals surface area contributed by atoms with Crippen LogP contribution in [0.1, 0.15) is 5.56 Å². The van der Waals surface area contributed by atoms with Crippen LogP contribution in [0.4, 0.5) is 10.1 Å². The summed E-state index contributed by atoms with van der Waals surface area (Å²) in [6.07, 6.45) is 0. The summed E-state index contributed by atoms with van der Waals surface area (Å²) in [5.41, 5.74) is 7.84. The second-order valence-electron chi connectivity index (χ2n) is 1.94. The van der Waals surface area contributed by atoms with Gasteiger partial charge in [0, 0.05) is 4.91 Å². The Labute approximate surface area is 67.5 Å². The Morgan fingerprint density at radius 1 is 1.58 bits per heavy atom. The lowest BCUT2D eigenvalue weighted by Gasteiger charge is -1.95. The molecule has 0 aliphatic heterocycles. The van der Waals surface area contributed by atoms with E-state index in [4.69, 9.17) is 10.8 Å². The zero-order chi connectivity index (χ0) is 8.97. The highest BCUT2D eigenvalue weighted by Crippen LogP contribution is 2.20. The number of nitriles is 1. The molecule has 4 nitrogen and oxygen atoms in total. The maximum Gasteiger partial charge on any atom is 0.141 e. The highest BCUT2D eigenvalue weighted by Gasteiger charge is 2.04. The number of hydrogen-bond acceptors (Lipinski definition) is 2. The average Bonchev–Trinajstić information content (AvgIpc) is 2.05. The normalized spacial score (nSPS) is 8.33. The molecule has 0 atom stereocenters. The molecule has 0 saturated heterocycles. The Kier molecular flexibility index (Phi) is 2.26. The minimum Gasteiger partial charge on any atom is -0.206 e. The lowest BCUT2D eigenvalue weighted by molar-refractivity contribution is 0.624. The van der Waals surface area contributed by atoms with E-state index >= 15 is 0 Å². The van der Waals surface area contributed by atoms with Crippen LogP contribution in [0.2, 0.25) is 0 Å². The molecule has 0 saturated carbocycles. The highest BCUT2D eigenvalue weighted by atomic mass is 19.1. The fraction of sp³-hybridized carbons (Fsp3) is 0. The second kappa shape index (κ2) is 3.37. The van der Waals surface area contributed by atoms with Gasteiger partial charge in [0.05, 0.1) is 11.3 Å². The summed E-state index contributed by atoms with van der Waals surface area (Å²) in [7, 11) is 0. The number of azide groups is 1. The van der Waals surface area contributed by atoms with Crippen LogP contribution in [-0.4, -0.2) is 0 Å². The Morgan fingerprint density at radius 2 is 2.33 bits per heavy atom. The summed E-state index contributed by atoms with van der Waals surface area (Å²) in [4.78, 5) is 2.46. The molecule has 0 radical (unpaired) electrons. The number of nitrogens with zero attached hydrogens (tertiary/aromatic N) is 4. The predicted molar refractivity (Wildman–Crippen MR) is 39.9 cm³/mol. The third kappa shape index (κ3) is 1.34. The molecular formula is C7H3FN4. The molecule has 1 rings (SSSR count). The quantitative estimate of drug-likeness (QED) is 0.355. The van der Waals surface area contributed by atoms with Crippen molar-refractivity contribution in [2.45, 2.75) is 0 Å². The van der Waals surface area contributed by atoms with Crippen molar-refractivity contribution in [3.63, 3.8) is 0 Å². The van der Waals surface area contributed by atoms with Gasteiger partial charge in [-0.25, -0.2) is 4.39 Å². The molecule has 0 aromatic heterocycles. The first-order valence-electron chi connectivity index (χ1n) is 3.03. The van der Waals surface area contributed by atoms with Crippen LogP contribution < -0.4 is 0 Å². The van der Waals surface area contributed by atoms with E-state index in [2.05, 4.69) is 10.0 Å². The minimum atomic E-state index is -0.678. The number of rotatable bonds is 1. The molecule has 58 valence electrons. The van der Waals surface area contributed by atoms with E-state index in [1.807, 2.05) is 0 Å². The van der Waals surface area contributed by atoms with E-state index in [9.17, 15) is 4.39 Å². The van der Waals surface area contributed by atoms with Crippen LogP contribution in [0.15, 0.2) is 23.3 Å². The third-order valence-corrected chi connectivity index (χ3v) is 1.26. The van der Waals surface area contributed by atoms with Crippen LogP contribution in [0.5, 0.6) is 0 Å². The average molecular weight is 162 g/mol. The van der Waals surface area contributed by atoms with Gasteiger partial charge in [0.1, 0.15) is 11.9 Å².